The number of amides is 1. The number of aromatic nitrogens is 1. The zero-order valence-corrected chi connectivity index (χ0v) is 22.0. The molecule has 212 valence electrons. The Labute approximate surface area is 224 Å². The number of nitrogens with one attached hydrogen (secondary N) is 1. The molecule has 39 heavy (non-hydrogen) atoms. The Morgan fingerprint density at radius 2 is 2.05 bits per heavy atom. The van der Waals surface area contributed by atoms with Crippen molar-refractivity contribution in [2.75, 3.05) is 38.2 Å². The number of pyridine rings is 1. The maximum Gasteiger partial charge on any atom is 0.341 e. The van der Waals surface area contributed by atoms with Gasteiger partial charge in [0.1, 0.15) is 17.1 Å². The number of benzene rings is 1. The van der Waals surface area contributed by atoms with E-state index in [-0.39, 0.29) is 36.0 Å². The fourth-order valence-electron chi connectivity index (χ4n) is 5.07. The van der Waals surface area contributed by atoms with Crippen LogP contribution in [0, 0.1) is 5.82 Å². The van der Waals surface area contributed by atoms with Crippen molar-refractivity contribution in [2.24, 2.45) is 11.5 Å². The van der Waals surface area contributed by atoms with Crippen molar-refractivity contribution >= 4 is 28.5 Å². The number of nitrogens with zero attached hydrogens (tertiary/aromatic N) is 2. The number of carboxylic acids is 1. The van der Waals surface area contributed by atoms with Crippen LogP contribution in [0.5, 0.6) is 5.75 Å². The molecule has 6 N–H and O–H groups in total. The van der Waals surface area contributed by atoms with Crippen molar-refractivity contribution in [1.82, 2.24) is 9.88 Å². The number of piperidine rings is 1. The Hall–Kier alpha value is -3.51. The molecule has 1 aliphatic heterocycles. The SMILES string of the molecule is COc1c(N2CCC/C(=C(\F)CNC(=O)[C@@H](N)CCCCN)C2)c(F)cc2c(=O)c(C(=O)O)cn(C3CC3)c12. The predicted molar refractivity (Wildman–Crippen MR) is 143 cm³/mol. The Kier molecular flexibility index (Phi) is 8.86. The summed E-state index contributed by atoms with van der Waals surface area (Å²) in [7, 11) is 1.36. The Balaban J connectivity index is 1.63. The number of aromatic carboxylic acids is 1. The highest BCUT2D eigenvalue weighted by Gasteiger charge is 2.32. The van der Waals surface area contributed by atoms with E-state index in [2.05, 4.69) is 5.32 Å². The summed E-state index contributed by atoms with van der Waals surface area (Å²) in [6.45, 7) is 0.665. The lowest BCUT2D eigenvalue weighted by Crippen LogP contribution is -2.41. The number of rotatable bonds is 11. The van der Waals surface area contributed by atoms with Crippen molar-refractivity contribution in [3.05, 3.63) is 45.3 Å². The van der Waals surface area contributed by atoms with Crippen molar-refractivity contribution < 1.29 is 28.2 Å². The number of hydrogen-bond donors (Lipinski definition) is 4. The second kappa shape index (κ2) is 12.1. The fourth-order valence-corrected chi connectivity index (χ4v) is 5.07. The number of ether oxygens (including phenoxy) is 1. The van der Waals surface area contributed by atoms with Gasteiger partial charge in [-0.2, -0.15) is 0 Å². The molecule has 2 fully saturated rings. The minimum atomic E-state index is -1.38. The van der Waals surface area contributed by atoms with E-state index in [0.717, 1.165) is 25.3 Å². The van der Waals surface area contributed by atoms with E-state index in [1.54, 1.807) is 9.47 Å². The summed E-state index contributed by atoms with van der Waals surface area (Å²) in [5, 5.41) is 12.0. The smallest absolute Gasteiger partial charge is 0.341 e. The van der Waals surface area contributed by atoms with E-state index < -0.39 is 40.6 Å². The molecule has 1 aromatic carbocycles. The molecule has 1 atom stereocenters. The van der Waals surface area contributed by atoms with Crippen LogP contribution < -0.4 is 31.8 Å². The van der Waals surface area contributed by atoms with Crippen LogP contribution in [0.4, 0.5) is 14.5 Å². The molecule has 0 spiro atoms. The number of carboxylic acid groups (broad SMARTS) is 1. The lowest BCUT2D eigenvalue weighted by molar-refractivity contribution is -0.122. The maximum atomic E-state index is 15.6. The summed E-state index contributed by atoms with van der Waals surface area (Å²) in [4.78, 5) is 38.5. The predicted octanol–water partition coefficient (Wildman–Crippen LogP) is 2.58. The molecule has 4 rings (SSSR count). The van der Waals surface area contributed by atoms with Gasteiger partial charge < -0.3 is 36.1 Å². The van der Waals surface area contributed by atoms with Gasteiger partial charge in [0.2, 0.25) is 11.3 Å². The maximum absolute atomic E-state index is 15.6. The van der Waals surface area contributed by atoms with Crippen LogP contribution in [0.15, 0.2) is 28.5 Å². The molecule has 0 unspecified atom stereocenters. The zero-order valence-electron chi connectivity index (χ0n) is 22.0. The summed E-state index contributed by atoms with van der Waals surface area (Å²) in [5.41, 5.74) is 10.9. The first-order chi connectivity index (χ1) is 18.7. The molecule has 1 aliphatic carbocycles. The van der Waals surface area contributed by atoms with Gasteiger partial charge in [0.25, 0.3) is 0 Å². The molecule has 0 radical (unpaired) electrons. The molecule has 1 amide bonds. The first-order valence-corrected chi connectivity index (χ1v) is 13.2. The third-order valence-corrected chi connectivity index (χ3v) is 7.28. The first-order valence-electron chi connectivity index (χ1n) is 13.2. The van der Waals surface area contributed by atoms with E-state index in [1.807, 2.05) is 0 Å². The van der Waals surface area contributed by atoms with Crippen molar-refractivity contribution in [2.45, 2.75) is 57.0 Å². The second-order valence-electron chi connectivity index (χ2n) is 10.1. The highest BCUT2D eigenvalue weighted by atomic mass is 19.1. The summed E-state index contributed by atoms with van der Waals surface area (Å²) >= 11 is 0. The summed E-state index contributed by atoms with van der Waals surface area (Å²) < 4.78 is 38.1. The third kappa shape index (κ3) is 6.06. The van der Waals surface area contributed by atoms with Crippen LogP contribution in [0.3, 0.4) is 0 Å². The molecule has 1 saturated heterocycles. The number of carbonyl (C=O) groups is 2. The normalized spacial score (nSPS) is 17.7. The van der Waals surface area contributed by atoms with E-state index in [1.165, 1.54) is 13.3 Å². The molecular formula is C27H35F2N5O5. The van der Waals surface area contributed by atoms with Gasteiger partial charge in [0, 0.05) is 25.3 Å². The van der Waals surface area contributed by atoms with Gasteiger partial charge in [-0.05, 0) is 56.7 Å². The number of hydrogen-bond acceptors (Lipinski definition) is 7. The largest absolute Gasteiger partial charge is 0.492 e. The van der Waals surface area contributed by atoms with Crippen LogP contribution in [0.2, 0.25) is 0 Å². The van der Waals surface area contributed by atoms with Gasteiger partial charge in [-0.15, -0.1) is 0 Å². The van der Waals surface area contributed by atoms with Gasteiger partial charge in [-0.3, -0.25) is 9.59 Å². The number of methoxy groups -OCH3 is 1. The molecule has 1 saturated carbocycles. The van der Waals surface area contributed by atoms with Crippen LogP contribution in [-0.4, -0.2) is 60.9 Å². The fraction of sp³-hybridized carbons (Fsp3) is 0.519. The molecule has 10 nitrogen and oxygen atoms in total. The quantitative estimate of drug-likeness (QED) is 0.313. The number of carbonyl (C=O) groups excluding carboxylic acids is 1. The molecule has 12 heteroatoms. The highest BCUT2D eigenvalue weighted by Crippen LogP contribution is 2.44. The molecular weight excluding hydrogens is 512 g/mol. The van der Waals surface area contributed by atoms with Crippen molar-refractivity contribution in [3.63, 3.8) is 0 Å². The van der Waals surface area contributed by atoms with Crippen LogP contribution in [0.25, 0.3) is 10.9 Å². The minimum absolute atomic E-state index is 0.0297. The molecule has 0 bridgehead atoms. The van der Waals surface area contributed by atoms with E-state index in [4.69, 9.17) is 16.2 Å². The number of nitrogens with two attached hydrogens (primary N) is 2. The third-order valence-electron chi connectivity index (χ3n) is 7.28. The second-order valence-corrected chi connectivity index (χ2v) is 10.1. The lowest BCUT2D eigenvalue weighted by atomic mass is 10.0. The Bertz CT molecular complexity index is 1350. The number of unbranched alkanes of at least 4 members (excludes halogenated alkanes) is 1. The number of anilines is 1. The van der Waals surface area contributed by atoms with E-state index in [0.29, 0.717) is 49.9 Å². The van der Waals surface area contributed by atoms with Gasteiger partial charge in [-0.1, -0.05) is 6.42 Å². The van der Waals surface area contributed by atoms with Gasteiger partial charge >= 0.3 is 5.97 Å². The number of halogens is 2. The van der Waals surface area contributed by atoms with Crippen LogP contribution in [-0.2, 0) is 4.79 Å². The van der Waals surface area contributed by atoms with Crippen LogP contribution >= 0.6 is 0 Å². The van der Waals surface area contributed by atoms with Gasteiger partial charge in [-0.25, -0.2) is 13.6 Å². The highest BCUT2D eigenvalue weighted by molar-refractivity contribution is 5.97. The molecule has 2 aromatic rings. The first kappa shape index (κ1) is 28.5. The minimum Gasteiger partial charge on any atom is -0.492 e. The molecule has 2 heterocycles. The van der Waals surface area contributed by atoms with Crippen molar-refractivity contribution in [1.29, 1.82) is 0 Å². The van der Waals surface area contributed by atoms with E-state index in [9.17, 15) is 19.5 Å². The molecule has 2 aliphatic rings. The van der Waals surface area contributed by atoms with Gasteiger partial charge in [0.05, 0.1) is 30.6 Å². The summed E-state index contributed by atoms with van der Waals surface area (Å²) in [6.07, 6.45) is 5.75. The number of fused-ring (bicyclic) bond motifs is 1. The van der Waals surface area contributed by atoms with Gasteiger partial charge in [0.15, 0.2) is 11.6 Å². The lowest BCUT2D eigenvalue weighted by Gasteiger charge is -2.33. The van der Waals surface area contributed by atoms with Crippen molar-refractivity contribution in [3.8, 4) is 5.75 Å². The molecule has 1 aromatic heterocycles. The Morgan fingerprint density at radius 1 is 1.31 bits per heavy atom. The zero-order chi connectivity index (χ0) is 28.3. The summed E-state index contributed by atoms with van der Waals surface area (Å²) in [6, 6.07) is 0.262. The average Bonchev–Trinajstić information content (AvgIpc) is 3.76. The standard InChI is InChI=1S/C27H35F2N5O5/c1-39-25-22-17(24(35)18(27(37)38)14-34(22)16-7-8-16)11-19(28)23(25)33-10-4-5-15(13-33)20(29)12-32-26(36)21(31)6-2-3-9-30/h11,14,16,21H,2-10,12-13,30-31H2,1H3,(H,32,36)(H,37,38)/b20-15+/t21-/m0/s1. The summed E-state index contributed by atoms with van der Waals surface area (Å²) in [5.74, 6) is -3.01. The Morgan fingerprint density at radius 3 is 2.69 bits per heavy atom. The van der Waals surface area contributed by atoms with E-state index >= 15 is 8.78 Å². The monoisotopic (exact) mass is 547 g/mol. The topological polar surface area (TPSA) is 153 Å². The average molecular weight is 548 g/mol. The van der Waals surface area contributed by atoms with Crippen LogP contribution in [0.1, 0.15) is 61.3 Å².